The van der Waals surface area contributed by atoms with E-state index in [0.29, 0.717) is 11.8 Å². The number of fused-ring (bicyclic) bond motifs is 1. The second-order valence-corrected chi connectivity index (χ2v) is 4.97. The molecule has 3 rings (SSSR count). The zero-order valence-electron chi connectivity index (χ0n) is 10.8. The molecular formula is C15H18N2O. The van der Waals surface area contributed by atoms with Crippen molar-refractivity contribution in [1.29, 1.82) is 0 Å². The first kappa shape index (κ1) is 11.3. The van der Waals surface area contributed by atoms with Gasteiger partial charge in [0.2, 0.25) is 5.88 Å². The molecule has 1 aliphatic rings. The minimum atomic E-state index is 0.419. The third-order valence-electron chi connectivity index (χ3n) is 4.01. The zero-order valence-corrected chi connectivity index (χ0v) is 10.8. The molecule has 0 saturated heterocycles. The fourth-order valence-electron chi connectivity index (χ4n) is 3.01. The smallest absolute Gasteiger partial charge is 0.227 e. The fraction of sp³-hybridized carbons (Fsp3) is 0.400. The number of hydrogen-bond acceptors (Lipinski definition) is 3. The number of hydrogen-bond donors (Lipinski definition) is 1. The van der Waals surface area contributed by atoms with Crippen molar-refractivity contribution in [1.82, 2.24) is 5.16 Å². The van der Waals surface area contributed by atoms with Gasteiger partial charge >= 0.3 is 0 Å². The van der Waals surface area contributed by atoms with E-state index in [1.807, 2.05) is 7.05 Å². The van der Waals surface area contributed by atoms with Crippen molar-refractivity contribution in [2.45, 2.75) is 31.6 Å². The van der Waals surface area contributed by atoms with Gasteiger partial charge in [0.05, 0.1) is 5.69 Å². The van der Waals surface area contributed by atoms with Crippen LogP contribution in [0.1, 0.15) is 42.0 Å². The van der Waals surface area contributed by atoms with Gasteiger partial charge in [-0.15, -0.1) is 0 Å². The van der Waals surface area contributed by atoms with Crippen molar-refractivity contribution in [2.75, 3.05) is 12.4 Å². The number of rotatable bonds is 2. The summed E-state index contributed by atoms with van der Waals surface area (Å²) >= 11 is 0. The molecular weight excluding hydrogens is 224 g/mol. The Morgan fingerprint density at radius 2 is 2.06 bits per heavy atom. The van der Waals surface area contributed by atoms with Crippen molar-refractivity contribution in [3.05, 3.63) is 47.2 Å². The molecule has 0 saturated carbocycles. The minimum absolute atomic E-state index is 0.419. The van der Waals surface area contributed by atoms with E-state index in [0.717, 1.165) is 24.4 Å². The quantitative estimate of drug-likeness (QED) is 0.875. The summed E-state index contributed by atoms with van der Waals surface area (Å²) in [5.41, 5.74) is 3.79. The predicted octanol–water partition coefficient (Wildman–Crippen LogP) is 3.55. The van der Waals surface area contributed by atoms with Gasteiger partial charge in [0.15, 0.2) is 0 Å². The Balaban J connectivity index is 1.95. The molecule has 0 amide bonds. The van der Waals surface area contributed by atoms with E-state index in [-0.39, 0.29) is 0 Å². The van der Waals surface area contributed by atoms with Crippen molar-refractivity contribution in [3.8, 4) is 0 Å². The Hall–Kier alpha value is -1.77. The summed E-state index contributed by atoms with van der Waals surface area (Å²) in [6.45, 7) is 2.25. The molecule has 2 unspecified atom stereocenters. The zero-order chi connectivity index (χ0) is 12.5. The average molecular weight is 242 g/mol. The molecule has 1 aliphatic carbocycles. The third-order valence-corrected chi connectivity index (χ3v) is 4.01. The lowest BCUT2D eigenvalue weighted by Gasteiger charge is -2.28. The molecule has 0 fully saturated rings. The molecule has 2 atom stereocenters. The Bertz CT molecular complexity index is 533. The molecule has 1 aromatic heterocycles. The Morgan fingerprint density at radius 3 is 2.78 bits per heavy atom. The molecule has 3 heteroatoms. The molecule has 1 aromatic carbocycles. The monoisotopic (exact) mass is 242 g/mol. The highest BCUT2D eigenvalue weighted by atomic mass is 16.5. The SMILES string of the molecule is CNc1onc2c1CCC(c1ccccc1)C2C. The van der Waals surface area contributed by atoms with Crippen LogP contribution in [-0.2, 0) is 6.42 Å². The molecule has 0 spiro atoms. The Kier molecular flexibility index (Phi) is 2.82. The fourth-order valence-corrected chi connectivity index (χ4v) is 3.01. The summed E-state index contributed by atoms with van der Waals surface area (Å²) in [4.78, 5) is 0. The molecule has 3 nitrogen and oxygen atoms in total. The summed E-state index contributed by atoms with van der Waals surface area (Å²) < 4.78 is 5.36. The van der Waals surface area contributed by atoms with Crippen LogP contribution >= 0.6 is 0 Å². The first-order chi connectivity index (χ1) is 8.81. The molecule has 2 aromatic rings. The number of nitrogens with zero attached hydrogens (tertiary/aromatic N) is 1. The van der Waals surface area contributed by atoms with Gasteiger partial charge in [0.1, 0.15) is 0 Å². The third kappa shape index (κ3) is 1.70. The highest BCUT2D eigenvalue weighted by Crippen LogP contribution is 2.43. The molecule has 0 aliphatic heterocycles. The second kappa shape index (κ2) is 4.48. The van der Waals surface area contributed by atoms with Crippen LogP contribution in [0.2, 0.25) is 0 Å². The molecule has 0 bridgehead atoms. The lowest BCUT2D eigenvalue weighted by Crippen LogP contribution is -2.17. The van der Waals surface area contributed by atoms with E-state index >= 15 is 0 Å². The van der Waals surface area contributed by atoms with Crippen molar-refractivity contribution in [2.24, 2.45) is 0 Å². The van der Waals surface area contributed by atoms with E-state index in [1.165, 1.54) is 11.1 Å². The van der Waals surface area contributed by atoms with E-state index in [1.54, 1.807) is 0 Å². The molecule has 0 radical (unpaired) electrons. The molecule has 1 heterocycles. The summed E-state index contributed by atoms with van der Waals surface area (Å²) in [6, 6.07) is 10.7. The number of anilines is 1. The lowest BCUT2D eigenvalue weighted by atomic mass is 9.76. The summed E-state index contributed by atoms with van der Waals surface area (Å²) in [7, 11) is 1.88. The number of nitrogens with one attached hydrogen (secondary N) is 1. The Labute approximate surface area is 107 Å². The van der Waals surface area contributed by atoms with E-state index in [2.05, 4.69) is 47.7 Å². The first-order valence-electron chi connectivity index (χ1n) is 6.52. The van der Waals surface area contributed by atoms with Gasteiger partial charge in [-0.25, -0.2) is 0 Å². The summed E-state index contributed by atoms with van der Waals surface area (Å²) in [6.07, 6.45) is 2.20. The second-order valence-electron chi connectivity index (χ2n) is 4.97. The number of aromatic nitrogens is 1. The van der Waals surface area contributed by atoms with Gasteiger partial charge < -0.3 is 9.84 Å². The van der Waals surface area contributed by atoms with Crippen LogP contribution in [-0.4, -0.2) is 12.2 Å². The maximum atomic E-state index is 5.36. The topological polar surface area (TPSA) is 38.1 Å². The van der Waals surface area contributed by atoms with Gasteiger partial charge in [-0.05, 0) is 24.3 Å². The van der Waals surface area contributed by atoms with Crippen molar-refractivity contribution >= 4 is 5.88 Å². The van der Waals surface area contributed by atoms with Crippen LogP contribution in [0.25, 0.3) is 0 Å². The van der Waals surface area contributed by atoms with Crippen LogP contribution < -0.4 is 5.32 Å². The van der Waals surface area contributed by atoms with Crippen LogP contribution in [0.15, 0.2) is 34.9 Å². The maximum absolute atomic E-state index is 5.36. The first-order valence-corrected chi connectivity index (χ1v) is 6.52. The van der Waals surface area contributed by atoms with Crippen LogP contribution in [0.5, 0.6) is 0 Å². The van der Waals surface area contributed by atoms with E-state index in [9.17, 15) is 0 Å². The molecule has 1 N–H and O–H groups in total. The summed E-state index contributed by atoms with van der Waals surface area (Å²) in [5, 5.41) is 7.33. The number of benzene rings is 1. The lowest BCUT2D eigenvalue weighted by molar-refractivity contribution is 0.408. The van der Waals surface area contributed by atoms with Gasteiger partial charge in [-0.2, -0.15) is 0 Å². The van der Waals surface area contributed by atoms with E-state index < -0.39 is 0 Å². The normalized spacial score (nSPS) is 22.6. The minimum Gasteiger partial charge on any atom is -0.357 e. The van der Waals surface area contributed by atoms with Gasteiger partial charge in [-0.1, -0.05) is 42.4 Å². The van der Waals surface area contributed by atoms with Gasteiger partial charge in [-0.3, -0.25) is 0 Å². The molecule has 94 valence electrons. The average Bonchev–Trinajstić information content (AvgIpc) is 2.84. The summed E-state index contributed by atoms with van der Waals surface area (Å²) in [5.74, 6) is 1.80. The Morgan fingerprint density at radius 1 is 1.28 bits per heavy atom. The maximum Gasteiger partial charge on any atom is 0.227 e. The van der Waals surface area contributed by atoms with Crippen molar-refractivity contribution in [3.63, 3.8) is 0 Å². The highest BCUT2D eigenvalue weighted by molar-refractivity contribution is 5.47. The predicted molar refractivity (Wildman–Crippen MR) is 72.0 cm³/mol. The van der Waals surface area contributed by atoms with Crippen LogP contribution in [0, 0.1) is 0 Å². The standard InChI is InChI=1S/C15H18N2O/c1-10-12(11-6-4-3-5-7-11)8-9-13-14(10)17-18-15(13)16-2/h3-7,10,12,16H,8-9H2,1-2H3. The van der Waals surface area contributed by atoms with Crippen molar-refractivity contribution < 1.29 is 4.52 Å². The van der Waals surface area contributed by atoms with E-state index in [4.69, 9.17) is 4.52 Å². The van der Waals surface area contributed by atoms with Crippen LogP contribution in [0.4, 0.5) is 5.88 Å². The van der Waals surface area contributed by atoms with Gasteiger partial charge in [0.25, 0.3) is 0 Å². The highest BCUT2D eigenvalue weighted by Gasteiger charge is 2.32. The van der Waals surface area contributed by atoms with Gasteiger partial charge in [0, 0.05) is 18.5 Å². The molecule has 18 heavy (non-hydrogen) atoms. The van der Waals surface area contributed by atoms with Crippen LogP contribution in [0.3, 0.4) is 0 Å². The largest absolute Gasteiger partial charge is 0.357 e.